The van der Waals surface area contributed by atoms with E-state index in [-0.39, 0.29) is 18.6 Å². The summed E-state index contributed by atoms with van der Waals surface area (Å²) in [4.78, 5) is 35.8. The molecule has 2 atom stereocenters. The predicted molar refractivity (Wildman–Crippen MR) is 103 cm³/mol. The lowest BCUT2D eigenvalue weighted by atomic mass is 10.1. The van der Waals surface area contributed by atoms with Gasteiger partial charge in [-0.2, -0.15) is 0 Å². The van der Waals surface area contributed by atoms with Crippen molar-refractivity contribution < 1.29 is 23.9 Å². The Morgan fingerprint density at radius 2 is 2.00 bits per heavy atom. The minimum Gasteiger partial charge on any atom is -0.467 e. The highest BCUT2D eigenvalue weighted by molar-refractivity contribution is 5.87. The first kappa shape index (κ1) is 21.7. The van der Waals surface area contributed by atoms with Crippen LogP contribution >= 0.6 is 0 Å². The summed E-state index contributed by atoms with van der Waals surface area (Å²) in [5.41, 5.74) is 0.922. The molecule has 2 amide bonds. The third-order valence-electron chi connectivity index (χ3n) is 4.58. The van der Waals surface area contributed by atoms with Crippen LogP contribution in [0.3, 0.4) is 0 Å². The second-order valence-corrected chi connectivity index (χ2v) is 6.72. The number of esters is 1. The quantitative estimate of drug-likeness (QED) is 0.412. The number of hydrogen-bond acceptors (Lipinski definition) is 6. The van der Waals surface area contributed by atoms with Crippen molar-refractivity contribution in [3.63, 3.8) is 0 Å². The van der Waals surface area contributed by atoms with E-state index in [2.05, 4.69) is 16.0 Å². The molecular weight excluding hydrogens is 362 g/mol. The molecule has 2 unspecified atom stereocenters. The SMILES string of the molecule is COC(=O)C(CCCCNC(=O)OCc1ccccc1)NC(=O)C1CCCN1. The Balaban J connectivity index is 1.62. The highest BCUT2D eigenvalue weighted by Gasteiger charge is 2.27. The lowest BCUT2D eigenvalue weighted by Gasteiger charge is -2.19. The second kappa shape index (κ2) is 12.0. The van der Waals surface area contributed by atoms with Gasteiger partial charge in [0.1, 0.15) is 12.6 Å². The summed E-state index contributed by atoms with van der Waals surface area (Å²) in [5.74, 6) is -0.628. The van der Waals surface area contributed by atoms with Crippen molar-refractivity contribution in [2.75, 3.05) is 20.2 Å². The average Bonchev–Trinajstić information content (AvgIpc) is 3.26. The Bertz CT molecular complexity index is 632. The number of rotatable bonds is 10. The molecule has 3 N–H and O–H groups in total. The number of hydrogen-bond donors (Lipinski definition) is 3. The Labute approximate surface area is 165 Å². The summed E-state index contributed by atoms with van der Waals surface area (Å²) in [6, 6.07) is 8.52. The molecule has 0 spiro atoms. The normalized spacial score (nSPS) is 16.8. The zero-order chi connectivity index (χ0) is 20.2. The molecule has 2 rings (SSSR count). The lowest BCUT2D eigenvalue weighted by molar-refractivity contribution is -0.145. The summed E-state index contributed by atoms with van der Waals surface area (Å²) in [6.45, 7) is 1.46. The van der Waals surface area contributed by atoms with Crippen molar-refractivity contribution in [3.05, 3.63) is 35.9 Å². The molecule has 1 aliphatic rings. The maximum Gasteiger partial charge on any atom is 0.407 e. The molecule has 0 aromatic heterocycles. The zero-order valence-electron chi connectivity index (χ0n) is 16.2. The van der Waals surface area contributed by atoms with Crippen LogP contribution in [0, 0.1) is 0 Å². The minimum absolute atomic E-state index is 0.171. The predicted octanol–water partition coefficient (Wildman–Crippen LogP) is 1.49. The van der Waals surface area contributed by atoms with Crippen LogP contribution < -0.4 is 16.0 Å². The number of benzene rings is 1. The van der Waals surface area contributed by atoms with Crippen LogP contribution in [0.15, 0.2) is 30.3 Å². The molecule has 1 fully saturated rings. The van der Waals surface area contributed by atoms with Gasteiger partial charge in [-0.3, -0.25) is 4.79 Å². The number of methoxy groups -OCH3 is 1. The molecular formula is C20H29N3O5. The van der Waals surface area contributed by atoms with Crippen LogP contribution in [-0.4, -0.2) is 50.3 Å². The fourth-order valence-electron chi connectivity index (χ4n) is 3.01. The Morgan fingerprint density at radius 3 is 2.68 bits per heavy atom. The van der Waals surface area contributed by atoms with Gasteiger partial charge in [0.25, 0.3) is 0 Å². The van der Waals surface area contributed by atoms with Crippen LogP contribution in [0.1, 0.15) is 37.7 Å². The third-order valence-corrected chi connectivity index (χ3v) is 4.58. The summed E-state index contributed by atoms with van der Waals surface area (Å²) in [5, 5.41) is 8.55. The van der Waals surface area contributed by atoms with Crippen molar-refractivity contribution >= 4 is 18.0 Å². The largest absolute Gasteiger partial charge is 0.467 e. The van der Waals surface area contributed by atoms with Gasteiger partial charge in [0.2, 0.25) is 5.91 Å². The molecule has 8 heteroatoms. The van der Waals surface area contributed by atoms with Gasteiger partial charge in [0.15, 0.2) is 0 Å². The number of alkyl carbamates (subject to hydrolysis) is 1. The highest BCUT2D eigenvalue weighted by atomic mass is 16.5. The molecule has 1 aromatic carbocycles. The molecule has 1 aromatic rings. The van der Waals surface area contributed by atoms with E-state index in [1.54, 1.807) is 0 Å². The molecule has 0 aliphatic carbocycles. The number of unbranched alkanes of at least 4 members (excludes halogenated alkanes) is 1. The van der Waals surface area contributed by atoms with E-state index < -0.39 is 18.1 Å². The van der Waals surface area contributed by atoms with Gasteiger partial charge in [-0.05, 0) is 44.2 Å². The van der Waals surface area contributed by atoms with Gasteiger partial charge >= 0.3 is 12.1 Å². The van der Waals surface area contributed by atoms with E-state index in [1.807, 2.05) is 30.3 Å². The molecule has 0 saturated carbocycles. The molecule has 28 heavy (non-hydrogen) atoms. The summed E-state index contributed by atoms with van der Waals surface area (Å²) in [6.07, 6.45) is 3.00. The number of carbonyl (C=O) groups is 3. The highest BCUT2D eigenvalue weighted by Crippen LogP contribution is 2.08. The van der Waals surface area contributed by atoms with Crippen LogP contribution in [0.25, 0.3) is 0 Å². The first-order chi connectivity index (χ1) is 13.6. The van der Waals surface area contributed by atoms with Crippen molar-refractivity contribution in [1.82, 2.24) is 16.0 Å². The summed E-state index contributed by atoms with van der Waals surface area (Å²) >= 11 is 0. The fourth-order valence-corrected chi connectivity index (χ4v) is 3.01. The van der Waals surface area contributed by atoms with E-state index in [0.717, 1.165) is 24.9 Å². The van der Waals surface area contributed by atoms with Gasteiger partial charge in [-0.1, -0.05) is 30.3 Å². The Morgan fingerprint density at radius 1 is 1.21 bits per heavy atom. The fraction of sp³-hybridized carbons (Fsp3) is 0.550. The van der Waals surface area contributed by atoms with Crippen molar-refractivity contribution in [3.8, 4) is 0 Å². The second-order valence-electron chi connectivity index (χ2n) is 6.72. The van der Waals surface area contributed by atoms with Crippen molar-refractivity contribution in [2.45, 2.75) is 50.8 Å². The molecule has 154 valence electrons. The first-order valence-electron chi connectivity index (χ1n) is 9.66. The maximum absolute atomic E-state index is 12.2. The smallest absolute Gasteiger partial charge is 0.407 e. The molecule has 1 saturated heterocycles. The Kier molecular flexibility index (Phi) is 9.27. The van der Waals surface area contributed by atoms with E-state index >= 15 is 0 Å². The van der Waals surface area contributed by atoms with Crippen molar-refractivity contribution in [1.29, 1.82) is 0 Å². The van der Waals surface area contributed by atoms with Gasteiger partial charge in [-0.15, -0.1) is 0 Å². The van der Waals surface area contributed by atoms with Crippen LogP contribution in [0.2, 0.25) is 0 Å². The maximum atomic E-state index is 12.2. The van der Waals surface area contributed by atoms with E-state index in [0.29, 0.717) is 25.8 Å². The number of amides is 2. The minimum atomic E-state index is -0.676. The number of nitrogens with one attached hydrogen (secondary N) is 3. The lowest BCUT2D eigenvalue weighted by Crippen LogP contribution is -2.48. The van der Waals surface area contributed by atoms with Crippen LogP contribution in [-0.2, 0) is 25.7 Å². The third kappa shape index (κ3) is 7.56. The summed E-state index contributed by atoms with van der Waals surface area (Å²) < 4.78 is 9.91. The molecule has 0 bridgehead atoms. The van der Waals surface area contributed by atoms with Gasteiger partial charge in [-0.25, -0.2) is 9.59 Å². The van der Waals surface area contributed by atoms with E-state index in [1.165, 1.54) is 7.11 Å². The number of ether oxygens (including phenoxy) is 2. The van der Waals surface area contributed by atoms with Crippen LogP contribution in [0.4, 0.5) is 4.79 Å². The van der Waals surface area contributed by atoms with E-state index in [9.17, 15) is 14.4 Å². The standard InChI is InChI=1S/C20H29N3O5/c1-27-19(25)17(23-18(24)16-11-7-13-21-16)10-5-6-12-22-20(26)28-14-15-8-3-2-4-9-15/h2-4,8-9,16-17,21H,5-7,10-14H2,1H3,(H,22,26)(H,23,24). The molecule has 0 radical (unpaired) electrons. The topological polar surface area (TPSA) is 106 Å². The van der Waals surface area contributed by atoms with Gasteiger partial charge in [0, 0.05) is 6.54 Å². The summed E-state index contributed by atoms with van der Waals surface area (Å²) in [7, 11) is 1.31. The molecule has 1 aliphatic heterocycles. The average molecular weight is 391 g/mol. The molecule has 8 nitrogen and oxygen atoms in total. The van der Waals surface area contributed by atoms with Gasteiger partial charge in [0.05, 0.1) is 13.2 Å². The molecule has 1 heterocycles. The van der Waals surface area contributed by atoms with Crippen molar-refractivity contribution in [2.24, 2.45) is 0 Å². The monoisotopic (exact) mass is 391 g/mol. The van der Waals surface area contributed by atoms with Gasteiger partial charge < -0.3 is 25.4 Å². The Hall–Kier alpha value is -2.61. The van der Waals surface area contributed by atoms with Crippen LogP contribution in [0.5, 0.6) is 0 Å². The van der Waals surface area contributed by atoms with E-state index in [4.69, 9.17) is 9.47 Å². The first-order valence-corrected chi connectivity index (χ1v) is 9.66. The number of carbonyl (C=O) groups excluding carboxylic acids is 3. The zero-order valence-corrected chi connectivity index (χ0v) is 16.2.